The van der Waals surface area contributed by atoms with E-state index in [-0.39, 0.29) is 22.3 Å². The SMILES string of the molecule is CC(C)c1cc(C(=O)Nc2cccc(S(=O)(=O)N=C3CCCCCN3C)c2)nn1C(C)(C)C. The van der Waals surface area contributed by atoms with Gasteiger partial charge < -0.3 is 10.2 Å². The van der Waals surface area contributed by atoms with E-state index >= 15 is 0 Å². The van der Waals surface area contributed by atoms with Crippen LogP contribution in [0.3, 0.4) is 0 Å². The van der Waals surface area contributed by atoms with Gasteiger partial charge in [-0.25, -0.2) is 0 Å². The summed E-state index contributed by atoms with van der Waals surface area (Å²) < 4.78 is 31.9. The van der Waals surface area contributed by atoms with Crippen LogP contribution in [0.4, 0.5) is 5.69 Å². The molecule has 3 rings (SSSR count). The molecule has 1 N–H and O–H groups in total. The maximum atomic E-state index is 13.0. The van der Waals surface area contributed by atoms with Gasteiger partial charge in [-0.1, -0.05) is 26.3 Å². The Labute approximate surface area is 197 Å². The number of likely N-dealkylation sites (tertiary alicyclic amines) is 1. The molecule has 0 bridgehead atoms. The van der Waals surface area contributed by atoms with Gasteiger partial charge in [-0.05, 0) is 63.8 Å². The predicted octanol–water partition coefficient (Wildman–Crippen LogP) is 4.61. The summed E-state index contributed by atoms with van der Waals surface area (Å²) in [5.41, 5.74) is 1.37. The number of rotatable bonds is 5. The van der Waals surface area contributed by atoms with Gasteiger partial charge in [0.1, 0.15) is 5.84 Å². The van der Waals surface area contributed by atoms with E-state index in [1.165, 1.54) is 12.1 Å². The van der Waals surface area contributed by atoms with Crippen LogP contribution in [0.2, 0.25) is 0 Å². The van der Waals surface area contributed by atoms with E-state index < -0.39 is 10.0 Å². The van der Waals surface area contributed by atoms with Crippen molar-refractivity contribution in [3.8, 4) is 0 Å². The maximum absolute atomic E-state index is 13.0. The number of anilines is 1. The van der Waals surface area contributed by atoms with Gasteiger partial charge in [0.05, 0.1) is 10.4 Å². The molecule has 1 aromatic heterocycles. The summed E-state index contributed by atoms with van der Waals surface area (Å²) in [7, 11) is -2.02. The Morgan fingerprint density at radius 2 is 1.88 bits per heavy atom. The minimum absolute atomic E-state index is 0.0496. The van der Waals surface area contributed by atoms with Crippen LogP contribution in [0.25, 0.3) is 0 Å². The van der Waals surface area contributed by atoms with Gasteiger partial charge in [0, 0.05) is 31.4 Å². The number of hydrogen-bond acceptors (Lipinski definition) is 4. The Bertz CT molecular complexity index is 1140. The lowest BCUT2D eigenvalue weighted by atomic mass is 10.1. The van der Waals surface area contributed by atoms with Crippen LogP contribution in [0.1, 0.15) is 82.4 Å². The molecule has 1 amide bonds. The molecule has 0 saturated carbocycles. The van der Waals surface area contributed by atoms with E-state index in [9.17, 15) is 13.2 Å². The van der Waals surface area contributed by atoms with E-state index in [1.807, 2.05) is 37.4 Å². The Morgan fingerprint density at radius 1 is 1.15 bits per heavy atom. The molecule has 1 aliphatic heterocycles. The number of aromatic nitrogens is 2. The monoisotopic (exact) mass is 473 g/mol. The fraction of sp³-hybridized carbons (Fsp3) is 0.542. The first-order valence-corrected chi connectivity index (χ1v) is 12.9. The van der Waals surface area contributed by atoms with Gasteiger partial charge in [-0.2, -0.15) is 13.5 Å². The summed E-state index contributed by atoms with van der Waals surface area (Å²) in [5.74, 6) is 0.396. The first-order chi connectivity index (χ1) is 15.4. The average molecular weight is 474 g/mol. The van der Waals surface area contributed by atoms with Crippen molar-refractivity contribution >= 4 is 27.5 Å². The zero-order valence-corrected chi connectivity index (χ0v) is 21.2. The van der Waals surface area contributed by atoms with Crippen molar-refractivity contribution in [3.05, 3.63) is 41.7 Å². The van der Waals surface area contributed by atoms with Gasteiger partial charge in [0.2, 0.25) is 0 Å². The van der Waals surface area contributed by atoms with E-state index in [4.69, 9.17) is 0 Å². The van der Waals surface area contributed by atoms with Crippen molar-refractivity contribution in [3.63, 3.8) is 0 Å². The standard InChI is InChI=1S/C24H35N5O3S/c1-17(2)21-16-20(26-29(21)24(3,4)5)23(30)25-18-11-10-12-19(15-18)33(31,32)27-22-13-8-7-9-14-28(22)6/h10-12,15-17H,7-9,13-14H2,1-6H3,(H,25,30). The quantitative estimate of drug-likeness (QED) is 0.684. The van der Waals surface area contributed by atoms with Gasteiger partial charge in [-0.15, -0.1) is 4.40 Å². The molecule has 33 heavy (non-hydrogen) atoms. The normalized spacial score (nSPS) is 16.8. The molecule has 0 unspecified atom stereocenters. The van der Waals surface area contributed by atoms with Crippen LogP contribution < -0.4 is 5.32 Å². The molecule has 1 aliphatic rings. The second-order valence-corrected chi connectivity index (χ2v) is 11.5. The molecule has 0 atom stereocenters. The Morgan fingerprint density at radius 3 is 2.52 bits per heavy atom. The first-order valence-electron chi connectivity index (χ1n) is 11.5. The van der Waals surface area contributed by atoms with Gasteiger partial charge >= 0.3 is 0 Å². The molecule has 9 heteroatoms. The highest BCUT2D eigenvalue weighted by Gasteiger charge is 2.24. The number of nitrogens with one attached hydrogen (secondary N) is 1. The Balaban J connectivity index is 1.85. The number of amides is 1. The van der Waals surface area contributed by atoms with E-state index in [2.05, 4.69) is 28.7 Å². The lowest BCUT2D eigenvalue weighted by molar-refractivity contribution is 0.102. The maximum Gasteiger partial charge on any atom is 0.284 e. The van der Waals surface area contributed by atoms with Crippen LogP contribution in [0.15, 0.2) is 39.6 Å². The van der Waals surface area contributed by atoms with E-state index in [0.29, 0.717) is 23.6 Å². The Kier molecular flexibility index (Phi) is 7.31. The lowest BCUT2D eigenvalue weighted by Crippen LogP contribution is -2.27. The number of sulfonamides is 1. The van der Waals surface area contributed by atoms with Gasteiger partial charge in [-0.3, -0.25) is 9.48 Å². The fourth-order valence-electron chi connectivity index (χ4n) is 3.82. The van der Waals surface area contributed by atoms with Crippen molar-refractivity contribution in [2.24, 2.45) is 4.40 Å². The Hall–Kier alpha value is -2.68. The van der Waals surface area contributed by atoms with Crippen LogP contribution >= 0.6 is 0 Å². The molecule has 1 fully saturated rings. The van der Waals surface area contributed by atoms with Crippen LogP contribution in [-0.2, 0) is 15.6 Å². The number of carbonyl (C=O) groups is 1. The van der Waals surface area contributed by atoms with Crippen LogP contribution in [-0.4, -0.2) is 48.4 Å². The lowest BCUT2D eigenvalue weighted by Gasteiger charge is -2.23. The number of amidine groups is 1. The number of carbonyl (C=O) groups excluding carboxylic acids is 1. The summed E-state index contributed by atoms with van der Waals surface area (Å²) >= 11 is 0. The molecule has 180 valence electrons. The molecular formula is C24H35N5O3S. The minimum atomic E-state index is -3.89. The first kappa shape index (κ1) is 25.0. The summed E-state index contributed by atoms with van der Waals surface area (Å²) in [6.45, 7) is 11.0. The van der Waals surface area contributed by atoms with Gasteiger partial charge in [0.25, 0.3) is 15.9 Å². The molecular weight excluding hydrogens is 438 g/mol. The van der Waals surface area contributed by atoms with Crippen LogP contribution in [0.5, 0.6) is 0 Å². The van der Waals surface area contributed by atoms with Crippen molar-refractivity contribution in [2.75, 3.05) is 18.9 Å². The summed E-state index contributed by atoms with van der Waals surface area (Å²) in [6, 6.07) is 7.99. The van der Waals surface area contributed by atoms with Crippen molar-refractivity contribution in [2.45, 2.75) is 76.7 Å². The third kappa shape index (κ3) is 6.01. The summed E-state index contributed by atoms with van der Waals surface area (Å²) in [4.78, 5) is 14.9. The van der Waals surface area contributed by atoms with Crippen LogP contribution in [0, 0.1) is 0 Å². The molecule has 2 aromatic rings. The van der Waals surface area contributed by atoms with Crippen molar-refractivity contribution < 1.29 is 13.2 Å². The summed E-state index contributed by atoms with van der Waals surface area (Å²) in [6.07, 6.45) is 3.66. The molecule has 1 saturated heterocycles. The van der Waals surface area contributed by atoms with Crippen molar-refractivity contribution in [1.82, 2.24) is 14.7 Å². The highest BCUT2D eigenvalue weighted by atomic mass is 32.2. The average Bonchev–Trinajstić information content (AvgIpc) is 3.10. The molecule has 8 nitrogen and oxygen atoms in total. The minimum Gasteiger partial charge on any atom is -0.362 e. The predicted molar refractivity (Wildman–Crippen MR) is 131 cm³/mol. The number of benzene rings is 1. The number of hydrogen-bond donors (Lipinski definition) is 1. The molecule has 0 spiro atoms. The number of nitrogens with zero attached hydrogens (tertiary/aromatic N) is 4. The summed E-state index contributed by atoms with van der Waals surface area (Å²) in [5, 5.41) is 7.31. The molecule has 1 aromatic carbocycles. The van der Waals surface area contributed by atoms with E-state index in [1.54, 1.807) is 18.2 Å². The smallest absolute Gasteiger partial charge is 0.284 e. The largest absolute Gasteiger partial charge is 0.362 e. The fourth-order valence-corrected chi connectivity index (χ4v) is 4.96. The highest BCUT2D eigenvalue weighted by molar-refractivity contribution is 7.90. The third-order valence-electron chi connectivity index (χ3n) is 5.65. The zero-order valence-electron chi connectivity index (χ0n) is 20.4. The van der Waals surface area contributed by atoms with E-state index in [0.717, 1.165) is 31.5 Å². The van der Waals surface area contributed by atoms with Gasteiger partial charge in [0.15, 0.2) is 5.69 Å². The molecule has 0 aliphatic carbocycles. The zero-order chi connectivity index (χ0) is 24.4. The second-order valence-electron chi connectivity index (χ2n) is 9.89. The topological polar surface area (TPSA) is 96.7 Å². The van der Waals surface area contributed by atoms with Crippen molar-refractivity contribution in [1.29, 1.82) is 0 Å². The molecule has 2 heterocycles. The second kappa shape index (κ2) is 9.67. The molecule has 0 radical (unpaired) electrons. The highest BCUT2D eigenvalue weighted by Crippen LogP contribution is 2.25. The third-order valence-corrected chi connectivity index (χ3v) is 6.95.